The Kier molecular flexibility index (Phi) is 7.21. The molecule has 1 atom stereocenters. The summed E-state index contributed by atoms with van der Waals surface area (Å²) >= 11 is 5.75. The molecule has 0 saturated carbocycles. The van der Waals surface area contributed by atoms with Crippen molar-refractivity contribution in [2.45, 2.75) is 71.6 Å². The first-order valence-electron chi connectivity index (χ1n) is 7.00. The molecule has 0 bridgehead atoms. The molecule has 118 valence electrons. The summed E-state index contributed by atoms with van der Waals surface area (Å²) < 4.78 is 12.0. The molecule has 0 fully saturated rings. The Bertz CT molecular complexity index is 368. The fourth-order valence-electron chi connectivity index (χ4n) is 1.24. The smallest absolute Gasteiger partial charge is 0.244 e. The van der Waals surface area contributed by atoms with Crippen molar-refractivity contribution in [3.05, 3.63) is 11.4 Å². The van der Waals surface area contributed by atoms with Gasteiger partial charge in [0.05, 0.1) is 11.6 Å². The second-order valence-electron chi connectivity index (χ2n) is 7.52. The van der Waals surface area contributed by atoms with Crippen LogP contribution in [-0.2, 0) is 8.85 Å². The number of hydrogen-bond donors (Lipinski definition) is 0. The van der Waals surface area contributed by atoms with Gasteiger partial charge in [-0.15, -0.1) is 0 Å². The summed E-state index contributed by atoms with van der Waals surface area (Å²) in [4.78, 5) is 4.31. The highest BCUT2D eigenvalue weighted by atomic mass is 35.5. The average Bonchev–Trinajstić information content (AvgIpc) is 2.20. The molecule has 0 unspecified atom stereocenters. The molecule has 6 heteroatoms. The van der Waals surface area contributed by atoms with Crippen molar-refractivity contribution in [2.75, 3.05) is 0 Å². The maximum atomic E-state index is 6.20. The first kappa shape index (κ1) is 19.9. The molecule has 0 N–H and O–H groups in total. The standard InChI is InChI=1S/C14H30ClNO2Si2/c1-12(17-20(8,9)14(2,3)4)11-16-13(10-15)18-19(5,6)7/h10-12H,1-9H3/b13-10-,16-11+/t12-/m0/s1. The quantitative estimate of drug-likeness (QED) is 0.372. The second-order valence-corrected chi connectivity index (χ2v) is 16.9. The van der Waals surface area contributed by atoms with Crippen LogP contribution in [0.1, 0.15) is 27.7 Å². The van der Waals surface area contributed by atoms with Gasteiger partial charge in [0.2, 0.25) is 14.2 Å². The summed E-state index contributed by atoms with van der Waals surface area (Å²) in [7, 11) is -3.46. The van der Waals surface area contributed by atoms with Gasteiger partial charge in [-0.05, 0) is 44.7 Å². The van der Waals surface area contributed by atoms with Crippen molar-refractivity contribution in [3.8, 4) is 0 Å². The largest absolute Gasteiger partial charge is 0.531 e. The molecular formula is C14H30ClNO2Si2. The molecule has 0 aliphatic heterocycles. The number of aliphatic imine (C=N–C) groups is 1. The van der Waals surface area contributed by atoms with E-state index in [2.05, 4.69) is 58.5 Å². The van der Waals surface area contributed by atoms with Crippen LogP contribution in [0.5, 0.6) is 0 Å². The zero-order valence-electron chi connectivity index (χ0n) is 14.4. The van der Waals surface area contributed by atoms with Crippen LogP contribution >= 0.6 is 11.6 Å². The number of nitrogens with zero attached hydrogens (tertiary/aromatic N) is 1. The van der Waals surface area contributed by atoms with Gasteiger partial charge in [0.15, 0.2) is 8.32 Å². The summed E-state index contributed by atoms with van der Waals surface area (Å²) in [6.07, 6.45) is 1.72. The highest BCUT2D eigenvalue weighted by Crippen LogP contribution is 2.37. The molecule has 0 saturated heterocycles. The Hall–Kier alpha value is -0.106. The number of halogens is 1. The third-order valence-corrected chi connectivity index (χ3v) is 8.78. The van der Waals surface area contributed by atoms with E-state index < -0.39 is 16.6 Å². The molecule has 0 rings (SSSR count). The molecule has 0 radical (unpaired) electrons. The fraction of sp³-hybridized carbons (Fsp3) is 0.786. The van der Waals surface area contributed by atoms with Gasteiger partial charge in [-0.2, -0.15) is 0 Å². The van der Waals surface area contributed by atoms with Crippen LogP contribution in [0.4, 0.5) is 0 Å². The monoisotopic (exact) mass is 335 g/mol. The molecule has 0 aromatic rings. The topological polar surface area (TPSA) is 30.8 Å². The first-order chi connectivity index (χ1) is 8.78. The van der Waals surface area contributed by atoms with E-state index in [1.165, 1.54) is 5.54 Å². The average molecular weight is 336 g/mol. The van der Waals surface area contributed by atoms with Crippen molar-refractivity contribution in [2.24, 2.45) is 4.99 Å². The van der Waals surface area contributed by atoms with E-state index in [0.717, 1.165) is 0 Å². The Morgan fingerprint density at radius 1 is 1.15 bits per heavy atom. The lowest BCUT2D eigenvalue weighted by atomic mass is 10.2. The molecular weight excluding hydrogens is 306 g/mol. The number of rotatable bonds is 6. The van der Waals surface area contributed by atoms with Gasteiger partial charge in [0, 0.05) is 6.21 Å². The van der Waals surface area contributed by atoms with Gasteiger partial charge in [-0.1, -0.05) is 32.4 Å². The van der Waals surface area contributed by atoms with E-state index in [1.807, 2.05) is 6.92 Å². The van der Waals surface area contributed by atoms with Gasteiger partial charge < -0.3 is 8.85 Å². The minimum Gasteiger partial charge on any atom is -0.531 e. The van der Waals surface area contributed by atoms with Crippen LogP contribution in [0.15, 0.2) is 16.4 Å². The first-order valence-corrected chi connectivity index (χ1v) is 13.8. The maximum absolute atomic E-state index is 6.20. The summed E-state index contributed by atoms with van der Waals surface area (Å²) in [5.74, 6) is 0.469. The molecule has 3 nitrogen and oxygen atoms in total. The van der Waals surface area contributed by atoms with E-state index in [4.69, 9.17) is 20.5 Å². The summed E-state index contributed by atoms with van der Waals surface area (Å²) in [5.41, 5.74) is 1.38. The Balaban J connectivity index is 4.68. The zero-order chi connectivity index (χ0) is 16.2. The van der Waals surface area contributed by atoms with Crippen LogP contribution in [0, 0.1) is 0 Å². The van der Waals surface area contributed by atoms with Crippen molar-refractivity contribution >= 4 is 34.5 Å². The predicted molar refractivity (Wildman–Crippen MR) is 94.6 cm³/mol. The van der Waals surface area contributed by atoms with E-state index in [9.17, 15) is 0 Å². The lowest BCUT2D eigenvalue weighted by molar-refractivity contribution is 0.263. The molecule has 0 aliphatic carbocycles. The van der Waals surface area contributed by atoms with Crippen LogP contribution in [-0.4, -0.2) is 29.0 Å². The molecule has 0 aromatic heterocycles. The minimum absolute atomic E-state index is 0.0484. The van der Waals surface area contributed by atoms with Crippen LogP contribution in [0.25, 0.3) is 0 Å². The zero-order valence-corrected chi connectivity index (χ0v) is 17.1. The lowest BCUT2D eigenvalue weighted by Crippen LogP contribution is -2.43. The Morgan fingerprint density at radius 2 is 1.65 bits per heavy atom. The minimum atomic E-state index is -1.77. The summed E-state index contributed by atoms with van der Waals surface area (Å²) in [6, 6.07) is 0. The third-order valence-electron chi connectivity index (χ3n) is 3.20. The SMILES string of the molecule is C[C@@H](/C=N/C(=C/Cl)O[Si](C)(C)C)O[Si](C)(C)C(C)(C)C. The van der Waals surface area contributed by atoms with E-state index in [-0.39, 0.29) is 11.1 Å². The van der Waals surface area contributed by atoms with Gasteiger partial charge >= 0.3 is 0 Å². The highest BCUT2D eigenvalue weighted by Gasteiger charge is 2.38. The third kappa shape index (κ3) is 7.62. The van der Waals surface area contributed by atoms with E-state index >= 15 is 0 Å². The predicted octanol–water partition coefficient (Wildman–Crippen LogP) is 5.36. The summed E-state index contributed by atoms with van der Waals surface area (Å²) in [6.45, 7) is 19.4. The summed E-state index contributed by atoms with van der Waals surface area (Å²) in [5, 5.41) is 0.190. The van der Waals surface area contributed by atoms with Gasteiger partial charge in [-0.3, -0.25) is 0 Å². The maximum Gasteiger partial charge on any atom is 0.244 e. The fourth-order valence-corrected chi connectivity index (χ4v) is 3.50. The van der Waals surface area contributed by atoms with E-state index in [0.29, 0.717) is 5.88 Å². The number of hydrogen-bond acceptors (Lipinski definition) is 3. The van der Waals surface area contributed by atoms with Crippen molar-refractivity contribution in [1.29, 1.82) is 0 Å². The molecule has 0 heterocycles. The lowest BCUT2D eigenvalue weighted by Gasteiger charge is -2.37. The molecule has 20 heavy (non-hydrogen) atoms. The van der Waals surface area contributed by atoms with Gasteiger partial charge in [-0.25, -0.2) is 4.99 Å². The van der Waals surface area contributed by atoms with Crippen molar-refractivity contribution in [3.63, 3.8) is 0 Å². The molecule has 0 aromatic carbocycles. The van der Waals surface area contributed by atoms with Crippen LogP contribution < -0.4 is 0 Å². The Morgan fingerprint density at radius 3 is 2.00 bits per heavy atom. The van der Waals surface area contributed by atoms with Gasteiger partial charge in [0.25, 0.3) is 0 Å². The Labute approximate surface area is 131 Å². The molecule has 0 aliphatic rings. The van der Waals surface area contributed by atoms with Crippen LogP contribution in [0.2, 0.25) is 37.8 Å². The van der Waals surface area contributed by atoms with Gasteiger partial charge in [0.1, 0.15) is 0 Å². The van der Waals surface area contributed by atoms with Crippen molar-refractivity contribution < 1.29 is 8.85 Å². The van der Waals surface area contributed by atoms with E-state index in [1.54, 1.807) is 6.21 Å². The van der Waals surface area contributed by atoms with Crippen LogP contribution in [0.3, 0.4) is 0 Å². The molecule has 0 amide bonds. The highest BCUT2D eigenvalue weighted by molar-refractivity contribution is 6.74. The molecule has 0 spiro atoms. The second kappa shape index (κ2) is 7.25. The normalized spacial score (nSPS) is 16.6. The van der Waals surface area contributed by atoms with Crippen molar-refractivity contribution in [1.82, 2.24) is 0 Å².